The number of furan rings is 1. The number of rotatable bonds is 4. The van der Waals surface area contributed by atoms with Gasteiger partial charge in [0.1, 0.15) is 17.1 Å². The molecule has 0 aliphatic rings. The maximum atomic E-state index is 11.6. The summed E-state index contributed by atoms with van der Waals surface area (Å²) in [5.41, 5.74) is -0.804. The third-order valence-corrected chi connectivity index (χ3v) is 2.28. The number of carbonyl (C=O) groups is 1. The van der Waals surface area contributed by atoms with Gasteiger partial charge in [0.25, 0.3) is 5.91 Å². The Kier molecular flexibility index (Phi) is 3.52. The molecular formula is C11H17NO3. The molecule has 0 bridgehead atoms. The fourth-order valence-electron chi connectivity index (χ4n) is 1.05. The zero-order valence-corrected chi connectivity index (χ0v) is 9.59. The lowest BCUT2D eigenvalue weighted by atomic mass is 10.1. The highest BCUT2D eigenvalue weighted by molar-refractivity contribution is 5.84. The van der Waals surface area contributed by atoms with Gasteiger partial charge >= 0.3 is 0 Å². The third-order valence-electron chi connectivity index (χ3n) is 2.28. The molecule has 15 heavy (non-hydrogen) atoms. The molecule has 4 heteroatoms. The fourth-order valence-corrected chi connectivity index (χ4v) is 1.05. The van der Waals surface area contributed by atoms with Crippen molar-refractivity contribution in [2.24, 2.45) is 0 Å². The van der Waals surface area contributed by atoms with Crippen LogP contribution in [-0.4, -0.2) is 18.6 Å². The second-order valence-electron chi connectivity index (χ2n) is 3.91. The Labute approximate surface area is 89.6 Å². The molecule has 1 heterocycles. The third kappa shape index (κ3) is 3.09. The summed E-state index contributed by atoms with van der Waals surface area (Å²) in [5, 5.41) is 2.75. The maximum absolute atomic E-state index is 11.6. The fraction of sp³-hybridized carbons (Fsp3) is 0.545. The van der Waals surface area contributed by atoms with Gasteiger partial charge in [0, 0.05) is 7.11 Å². The molecule has 0 aliphatic carbocycles. The number of aryl methyl sites for hydroxylation is 1. The van der Waals surface area contributed by atoms with Gasteiger partial charge in [-0.1, -0.05) is 0 Å². The molecule has 0 saturated heterocycles. The summed E-state index contributed by atoms with van der Waals surface area (Å²) in [5.74, 6) is 1.43. The number of methoxy groups -OCH3 is 1. The van der Waals surface area contributed by atoms with Crippen molar-refractivity contribution in [2.75, 3.05) is 7.11 Å². The van der Waals surface area contributed by atoms with Crippen LogP contribution in [0.15, 0.2) is 16.5 Å². The monoisotopic (exact) mass is 211 g/mol. The summed E-state index contributed by atoms with van der Waals surface area (Å²) in [6, 6.07) is 3.71. The van der Waals surface area contributed by atoms with Crippen molar-refractivity contribution in [3.8, 4) is 0 Å². The Bertz CT molecular complexity index is 341. The normalized spacial score (nSPS) is 11.5. The van der Waals surface area contributed by atoms with Crippen molar-refractivity contribution in [1.82, 2.24) is 5.32 Å². The highest BCUT2D eigenvalue weighted by Crippen LogP contribution is 2.09. The summed E-state index contributed by atoms with van der Waals surface area (Å²) in [6.07, 6.45) is 0. The van der Waals surface area contributed by atoms with Gasteiger partial charge in [-0.15, -0.1) is 0 Å². The van der Waals surface area contributed by atoms with E-state index in [1.807, 2.05) is 19.1 Å². The van der Waals surface area contributed by atoms with Gasteiger partial charge < -0.3 is 14.5 Å². The van der Waals surface area contributed by atoms with Crippen molar-refractivity contribution >= 4 is 5.91 Å². The quantitative estimate of drug-likeness (QED) is 0.823. The molecule has 1 aromatic rings. The van der Waals surface area contributed by atoms with E-state index in [0.717, 1.165) is 11.5 Å². The topological polar surface area (TPSA) is 51.5 Å². The van der Waals surface area contributed by atoms with E-state index in [1.54, 1.807) is 13.8 Å². The van der Waals surface area contributed by atoms with Crippen LogP contribution >= 0.6 is 0 Å². The molecule has 0 radical (unpaired) electrons. The number of amides is 1. The van der Waals surface area contributed by atoms with Crippen LogP contribution in [0.1, 0.15) is 25.4 Å². The van der Waals surface area contributed by atoms with E-state index in [9.17, 15) is 4.79 Å². The first kappa shape index (κ1) is 11.8. The van der Waals surface area contributed by atoms with Crippen molar-refractivity contribution < 1.29 is 13.9 Å². The van der Waals surface area contributed by atoms with Gasteiger partial charge in [-0.3, -0.25) is 4.79 Å². The number of hydrogen-bond donors (Lipinski definition) is 1. The lowest BCUT2D eigenvalue weighted by Gasteiger charge is -2.21. The minimum atomic E-state index is -0.804. The van der Waals surface area contributed by atoms with Crippen LogP contribution in [0.5, 0.6) is 0 Å². The molecule has 0 unspecified atom stereocenters. The Morgan fingerprint density at radius 3 is 2.67 bits per heavy atom. The minimum absolute atomic E-state index is 0.154. The van der Waals surface area contributed by atoms with Gasteiger partial charge in [-0.05, 0) is 32.9 Å². The molecule has 1 aromatic heterocycles. The molecule has 84 valence electrons. The number of hydrogen-bond acceptors (Lipinski definition) is 3. The van der Waals surface area contributed by atoms with E-state index in [4.69, 9.17) is 9.15 Å². The van der Waals surface area contributed by atoms with Gasteiger partial charge in [0.05, 0.1) is 6.54 Å². The van der Waals surface area contributed by atoms with Crippen molar-refractivity contribution in [3.63, 3.8) is 0 Å². The molecule has 1 rings (SSSR count). The first-order chi connectivity index (χ1) is 6.95. The lowest BCUT2D eigenvalue weighted by Crippen LogP contribution is -2.43. The smallest absolute Gasteiger partial charge is 0.252 e. The van der Waals surface area contributed by atoms with E-state index in [1.165, 1.54) is 7.11 Å². The van der Waals surface area contributed by atoms with Crippen LogP contribution in [0.3, 0.4) is 0 Å². The predicted molar refractivity (Wildman–Crippen MR) is 56.4 cm³/mol. The average Bonchev–Trinajstić information content (AvgIpc) is 2.60. The van der Waals surface area contributed by atoms with E-state index in [-0.39, 0.29) is 5.91 Å². The molecule has 0 fully saturated rings. The SMILES string of the molecule is COC(C)(C)C(=O)NCc1ccc(C)o1. The molecule has 0 atom stereocenters. The summed E-state index contributed by atoms with van der Waals surface area (Å²) in [7, 11) is 1.51. The predicted octanol–water partition coefficient (Wildman–Crippen LogP) is 1.63. The molecule has 1 N–H and O–H groups in total. The number of carbonyl (C=O) groups excluding carboxylic acids is 1. The summed E-state index contributed by atoms with van der Waals surface area (Å²) < 4.78 is 10.4. The highest BCUT2D eigenvalue weighted by Gasteiger charge is 2.26. The zero-order chi connectivity index (χ0) is 11.5. The van der Waals surface area contributed by atoms with Crippen molar-refractivity contribution in [1.29, 1.82) is 0 Å². The molecule has 0 aliphatic heterocycles. The van der Waals surface area contributed by atoms with E-state index >= 15 is 0 Å². The van der Waals surface area contributed by atoms with Gasteiger partial charge in [0.15, 0.2) is 0 Å². The Balaban J connectivity index is 2.47. The van der Waals surface area contributed by atoms with Crippen LogP contribution in [0.2, 0.25) is 0 Å². The van der Waals surface area contributed by atoms with Gasteiger partial charge in [0.2, 0.25) is 0 Å². The van der Waals surface area contributed by atoms with Crippen molar-refractivity contribution in [2.45, 2.75) is 32.9 Å². The molecule has 4 nitrogen and oxygen atoms in total. The van der Waals surface area contributed by atoms with E-state index < -0.39 is 5.60 Å². The zero-order valence-electron chi connectivity index (χ0n) is 9.59. The molecule has 0 spiro atoms. The van der Waals surface area contributed by atoms with Crippen molar-refractivity contribution in [3.05, 3.63) is 23.7 Å². The number of ether oxygens (including phenoxy) is 1. The lowest BCUT2D eigenvalue weighted by molar-refractivity contribution is -0.139. The second-order valence-corrected chi connectivity index (χ2v) is 3.91. The Morgan fingerprint density at radius 2 is 2.20 bits per heavy atom. The van der Waals surface area contributed by atoms with Gasteiger partial charge in [-0.25, -0.2) is 0 Å². The summed E-state index contributed by atoms with van der Waals surface area (Å²) in [6.45, 7) is 5.69. The largest absolute Gasteiger partial charge is 0.465 e. The van der Waals surface area contributed by atoms with Gasteiger partial charge in [-0.2, -0.15) is 0 Å². The number of nitrogens with one attached hydrogen (secondary N) is 1. The highest BCUT2D eigenvalue weighted by atomic mass is 16.5. The maximum Gasteiger partial charge on any atom is 0.252 e. The first-order valence-electron chi connectivity index (χ1n) is 4.84. The molecule has 0 aromatic carbocycles. The van der Waals surface area contributed by atoms with Crippen LogP contribution in [0.25, 0.3) is 0 Å². The van der Waals surface area contributed by atoms with E-state index in [0.29, 0.717) is 6.54 Å². The summed E-state index contributed by atoms with van der Waals surface area (Å²) >= 11 is 0. The molecule has 0 saturated carbocycles. The Hall–Kier alpha value is -1.29. The molecular weight excluding hydrogens is 194 g/mol. The van der Waals surface area contributed by atoms with Crippen LogP contribution < -0.4 is 5.32 Å². The van der Waals surface area contributed by atoms with Crippen LogP contribution in [0.4, 0.5) is 0 Å². The first-order valence-corrected chi connectivity index (χ1v) is 4.84. The van der Waals surface area contributed by atoms with Crippen LogP contribution in [0, 0.1) is 6.92 Å². The van der Waals surface area contributed by atoms with Crippen LogP contribution in [-0.2, 0) is 16.1 Å². The minimum Gasteiger partial charge on any atom is -0.465 e. The average molecular weight is 211 g/mol. The second kappa shape index (κ2) is 4.49. The summed E-state index contributed by atoms with van der Waals surface area (Å²) in [4.78, 5) is 11.6. The molecule has 1 amide bonds. The Morgan fingerprint density at radius 1 is 1.53 bits per heavy atom. The standard InChI is InChI=1S/C11H17NO3/c1-8-5-6-9(15-8)7-12-10(13)11(2,3)14-4/h5-6H,7H2,1-4H3,(H,12,13). The van der Waals surface area contributed by atoms with E-state index in [2.05, 4.69) is 5.32 Å².